The first kappa shape index (κ1) is 11.3. The standard InChI is InChI=1S/C13H14FNS/c14-13-3-1-11(2-4-13)5-7-15-9-12-6-8-16-10-12/h1-4,6,8,10,15H,5,7,9H2/p+1. The van der Waals surface area contributed by atoms with E-state index in [0.717, 1.165) is 19.5 Å². The lowest BCUT2D eigenvalue weighted by atomic mass is 10.1. The molecule has 3 heteroatoms. The minimum absolute atomic E-state index is 0.161. The molecule has 0 aliphatic carbocycles. The van der Waals surface area contributed by atoms with E-state index in [1.54, 1.807) is 11.3 Å². The number of thiophene rings is 1. The summed E-state index contributed by atoms with van der Waals surface area (Å²) < 4.78 is 12.7. The quantitative estimate of drug-likeness (QED) is 0.766. The molecule has 84 valence electrons. The van der Waals surface area contributed by atoms with Crippen LogP contribution >= 0.6 is 11.3 Å². The molecule has 0 bridgehead atoms. The predicted octanol–water partition coefficient (Wildman–Crippen LogP) is 2.19. The second-order valence-electron chi connectivity index (χ2n) is 3.79. The van der Waals surface area contributed by atoms with Crippen molar-refractivity contribution in [3.63, 3.8) is 0 Å². The molecule has 0 saturated carbocycles. The summed E-state index contributed by atoms with van der Waals surface area (Å²) in [6.07, 6.45) is 0.990. The average molecular weight is 236 g/mol. The number of hydrogen-bond acceptors (Lipinski definition) is 1. The van der Waals surface area contributed by atoms with Gasteiger partial charge in [0.25, 0.3) is 0 Å². The number of benzene rings is 1. The highest BCUT2D eigenvalue weighted by atomic mass is 32.1. The Morgan fingerprint density at radius 1 is 1.06 bits per heavy atom. The van der Waals surface area contributed by atoms with E-state index >= 15 is 0 Å². The first-order valence-corrected chi connectivity index (χ1v) is 6.36. The maximum absolute atomic E-state index is 12.7. The van der Waals surface area contributed by atoms with Gasteiger partial charge >= 0.3 is 0 Å². The van der Waals surface area contributed by atoms with Gasteiger partial charge in [-0.25, -0.2) is 4.39 Å². The number of halogens is 1. The Hall–Kier alpha value is -1.19. The third-order valence-corrected chi connectivity index (χ3v) is 3.24. The van der Waals surface area contributed by atoms with Gasteiger partial charge in [-0.1, -0.05) is 12.1 Å². The largest absolute Gasteiger partial charge is 0.342 e. The molecule has 1 aromatic carbocycles. The molecule has 2 N–H and O–H groups in total. The summed E-state index contributed by atoms with van der Waals surface area (Å²) >= 11 is 1.73. The first-order chi connectivity index (χ1) is 7.84. The second kappa shape index (κ2) is 5.77. The second-order valence-corrected chi connectivity index (χ2v) is 4.57. The van der Waals surface area contributed by atoms with E-state index < -0.39 is 0 Å². The van der Waals surface area contributed by atoms with Crippen LogP contribution in [0.15, 0.2) is 41.1 Å². The van der Waals surface area contributed by atoms with Crippen LogP contribution in [-0.2, 0) is 13.0 Å². The summed E-state index contributed by atoms with van der Waals surface area (Å²) in [5.74, 6) is -0.161. The molecule has 0 unspecified atom stereocenters. The summed E-state index contributed by atoms with van der Waals surface area (Å²) in [5, 5.41) is 6.56. The first-order valence-electron chi connectivity index (χ1n) is 5.42. The minimum Gasteiger partial charge on any atom is -0.342 e. The fourth-order valence-electron chi connectivity index (χ4n) is 1.60. The molecule has 1 heterocycles. The van der Waals surface area contributed by atoms with Gasteiger partial charge in [-0.05, 0) is 34.5 Å². The van der Waals surface area contributed by atoms with E-state index in [-0.39, 0.29) is 5.82 Å². The Morgan fingerprint density at radius 2 is 1.88 bits per heavy atom. The molecule has 2 rings (SSSR count). The number of nitrogens with two attached hydrogens (primary N) is 1. The van der Waals surface area contributed by atoms with Crippen LogP contribution in [0.4, 0.5) is 4.39 Å². The van der Waals surface area contributed by atoms with Gasteiger partial charge in [-0.2, -0.15) is 11.3 Å². The fourth-order valence-corrected chi connectivity index (χ4v) is 2.28. The molecular formula is C13H15FNS+. The van der Waals surface area contributed by atoms with Gasteiger partial charge in [0.15, 0.2) is 0 Å². The fraction of sp³-hybridized carbons (Fsp3) is 0.231. The SMILES string of the molecule is Fc1ccc(CC[NH2+]Cc2ccsc2)cc1. The van der Waals surface area contributed by atoms with E-state index in [1.807, 2.05) is 12.1 Å². The van der Waals surface area contributed by atoms with Gasteiger partial charge < -0.3 is 5.32 Å². The van der Waals surface area contributed by atoms with E-state index in [4.69, 9.17) is 0 Å². The number of hydrogen-bond donors (Lipinski definition) is 1. The maximum Gasteiger partial charge on any atom is 0.123 e. The molecule has 1 aromatic heterocycles. The van der Waals surface area contributed by atoms with Crippen LogP contribution in [0.25, 0.3) is 0 Å². The van der Waals surface area contributed by atoms with Crippen LogP contribution in [0.5, 0.6) is 0 Å². The van der Waals surface area contributed by atoms with Crippen molar-refractivity contribution in [2.75, 3.05) is 6.54 Å². The van der Waals surface area contributed by atoms with E-state index in [2.05, 4.69) is 22.1 Å². The van der Waals surface area contributed by atoms with Crippen LogP contribution in [0.2, 0.25) is 0 Å². The maximum atomic E-state index is 12.7. The van der Waals surface area contributed by atoms with E-state index in [9.17, 15) is 4.39 Å². The summed E-state index contributed by atoms with van der Waals surface area (Å²) in [4.78, 5) is 0. The zero-order valence-corrected chi connectivity index (χ0v) is 9.84. The molecule has 0 fully saturated rings. The molecule has 0 amide bonds. The molecular weight excluding hydrogens is 221 g/mol. The van der Waals surface area contributed by atoms with Crippen molar-refractivity contribution < 1.29 is 9.71 Å². The summed E-state index contributed by atoms with van der Waals surface area (Å²) in [6.45, 7) is 2.08. The molecule has 0 aliphatic heterocycles. The Labute approximate surface area is 98.9 Å². The lowest BCUT2D eigenvalue weighted by Gasteiger charge is -2.01. The van der Waals surface area contributed by atoms with Crippen LogP contribution in [0.3, 0.4) is 0 Å². The third kappa shape index (κ3) is 3.43. The van der Waals surface area contributed by atoms with Gasteiger partial charge in [0.05, 0.1) is 6.54 Å². The van der Waals surface area contributed by atoms with Crippen molar-refractivity contribution in [1.82, 2.24) is 0 Å². The topological polar surface area (TPSA) is 16.6 Å². The van der Waals surface area contributed by atoms with Crippen molar-refractivity contribution in [2.45, 2.75) is 13.0 Å². The van der Waals surface area contributed by atoms with Crippen molar-refractivity contribution in [3.05, 3.63) is 58.0 Å². The van der Waals surface area contributed by atoms with Gasteiger partial charge in [0.2, 0.25) is 0 Å². The minimum atomic E-state index is -0.161. The smallest absolute Gasteiger partial charge is 0.123 e. The number of quaternary nitrogens is 1. The monoisotopic (exact) mass is 236 g/mol. The highest BCUT2D eigenvalue weighted by molar-refractivity contribution is 7.07. The van der Waals surface area contributed by atoms with E-state index in [1.165, 1.54) is 23.3 Å². The van der Waals surface area contributed by atoms with Gasteiger partial charge in [0.1, 0.15) is 12.4 Å². The lowest BCUT2D eigenvalue weighted by Crippen LogP contribution is -2.83. The molecule has 0 radical (unpaired) electrons. The number of rotatable bonds is 5. The lowest BCUT2D eigenvalue weighted by molar-refractivity contribution is -0.670. The van der Waals surface area contributed by atoms with Crippen LogP contribution in [0.1, 0.15) is 11.1 Å². The molecule has 2 aromatic rings. The molecule has 0 saturated heterocycles. The van der Waals surface area contributed by atoms with Crippen molar-refractivity contribution in [3.8, 4) is 0 Å². The van der Waals surface area contributed by atoms with Crippen LogP contribution in [-0.4, -0.2) is 6.54 Å². The zero-order chi connectivity index (χ0) is 11.2. The van der Waals surface area contributed by atoms with Crippen LogP contribution in [0, 0.1) is 5.82 Å². The third-order valence-electron chi connectivity index (χ3n) is 2.51. The summed E-state index contributed by atoms with van der Waals surface area (Å²) in [5.41, 5.74) is 2.58. The Kier molecular flexibility index (Phi) is 4.08. The highest BCUT2D eigenvalue weighted by Crippen LogP contribution is 2.04. The van der Waals surface area contributed by atoms with Crippen molar-refractivity contribution >= 4 is 11.3 Å². The Balaban J connectivity index is 1.70. The van der Waals surface area contributed by atoms with Gasteiger partial charge in [0, 0.05) is 12.0 Å². The van der Waals surface area contributed by atoms with Gasteiger partial charge in [-0.3, -0.25) is 0 Å². The van der Waals surface area contributed by atoms with Gasteiger partial charge in [-0.15, -0.1) is 0 Å². The molecule has 0 atom stereocenters. The average Bonchev–Trinajstić information content (AvgIpc) is 2.80. The Morgan fingerprint density at radius 3 is 2.56 bits per heavy atom. The van der Waals surface area contributed by atoms with Crippen molar-refractivity contribution in [2.24, 2.45) is 0 Å². The normalized spacial score (nSPS) is 10.6. The predicted molar refractivity (Wildman–Crippen MR) is 64.9 cm³/mol. The molecule has 16 heavy (non-hydrogen) atoms. The van der Waals surface area contributed by atoms with Crippen molar-refractivity contribution in [1.29, 1.82) is 0 Å². The molecule has 1 nitrogen and oxygen atoms in total. The summed E-state index contributed by atoms with van der Waals surface area (Å²) in [7, 11) is 0. The highest BCUT2D eigenvalue weighted by Gasteiger charge is 1.97. The van der Waals surface area contributed by atoms with Crippen LogP contribution < -0.4 is 5.32 Å². The molecule has 0 spiro atoms. The van der Waals surface area contributed by atoms with E-state index in [0.29, 0.717) is 0 Å². The summed E-state index contributed by atoms with van der Waals surface area (Å²) in [6, 6.07) is 8.91. The Bertz CT molecular complexity index is 408. The zero-order valence-electron chi connectivity index (χ0n) is 9.03. The molecule has 0 aliphatic rings.